The van der Waals surface area contributed by atoms with Crippen LogP contribution in [0.1, 0.15) is 13.3 Å². The summed E-state index contributed by atoms with van der Waals surface area (Å²) in [4.78, 5) is 22.4. The van der Waals surface area contributed by atoms with Crippen LogP contribution >= 0.6 is 15.9 Å². The first-order valence-electron chi connectivity index (χ1n) is 5.38. The molecule has 0 bridgehead atoms. The summed E-state index contributed by atoms with van der Waals surface area (Å²) in [6, 6.07) is 1.64. The average Bonchev–Trinajstić information content (AvgIpc) is 2.27. The quantitative estimate of drug-likeness (QED) is 0.592. The SMILES string of the molecule is CCOC(=O)CC(=O)COc1c(F)cc(F)cc1Br. The van der Waals surface area contributed by atoms with E-state index in [1.165, 1.54) is 0 Å². The maximum atomic E-state index is 13.3. The van der Waals surface area contributed by atoms with Gasteiger partial charge in [0.25, 0.3) is 0 Å². The van der Waals surface area contributed by atoms with E-state index in [1.54, 1.807) is 6.92 Å². The van der Waals surface area contributed by atoms with Gasteiger partial charge >= 0.3 is 5.97 Å². The molecule has 0 spiro atoms. The van der Waals surface area contributed by atoms with Crippen molar-refractivity contribution in [3.8, 4) is 5.75 Å². The fourth-order valence-electron chi connectivity index (χ4n) is 1.24. The minimum Gasteiger partial charge on any atom is -0.482 e. The van der Waals surface area contributed by atoms with Crippen molar-refractivity contribution in [2.75, 3.05) is 13.2 Å². The van der Waals surface area contributed by atoms with E-state index in [1.807, 2.05) is 0 Å². The lowest BCUT2D eigenvalue weighted by Gasteiger charge is -2.08. The van der Waals surface area contributed by atoms with Gasteiger partial charge in [-0.25, -0.2) is 8.78 Å². The second-order valence-electron chi connectivity index (χ2n) is 3.51. The number of ketones is 1. The predicted octanol–water partition coefficient (Wildman–Crippen LogP) is 2.63. The zero-order valence-electron chi connectivity index (χ0n) is 10.0. The van der Waals surface area contributed by atoms with Crippen LogP contribution in [0.3, 0.4) is 0 Å². The highest BCUT2D eigenvalue weighted by Crippen LogP contribution is 2.29. The molecule has 0 aliphatic carbocycles. The smallest absolute Gasteiger partial charge is 0.313 e. The van der Waals surface area contributed by atoms with Crippen molar-refractivity contribution in [3.05, 3.63) is 28.2 Å². The van der Waals surface area contributed by atoms with Gasteiger partial charge in [0.15, 0.2) is 17.3 Å². The van der Waals surface area contributed by atoms with Gasteiger partial charge in [-0.2, -0.15) is 0 Å². The number of benzene rings is 1. The zero-order chi connectivity index (χ0) is 14.4. The molecule has 1 rings (SSSR count). The molecule has 4 nitrogen and oxygen atoms in total. The lowest BCUT2D eigenvalue weighted by Crippen LogP contribution is -2.18. The monoisotopic (exact) mass is 336 g/mol. The number of carbonyl (C=O) groups is 2. The normalized spacial score (nSPS) is 10.1. The molecule has 1 aromatic rings. The summed E-state index contributed by atoms with van der Waals surface area (Å²) >= 11 is 2.92. The summed E-state index contributed by atoms with van der Waals surface area (Å²) in [7, 11) is 0. The summed E-state index contributed by atoms with van der Waals surface area (Å²) in [5.41, 5.74) is 0. The number of ether oxygens (including phenoxy) is 2. The number of hydrogen-bond acceptors (Lipinski definition) is 4. The van der Waals surface area contributed by atoms with Crippen molar-refractivity contribution in [1.82, 2.24) is 0 Å². The molecule has 0 heterocycles. The number of esters is 1. The molecule has 0 N–H and O–H groups in total. The molecule has 0 aliphatic heterocycles. The van der Waals surface area contributed by atoms with Gasteiger partial charge in [0.05, 0.1) is 11.1 Å². The molecule has 0 atom stereocenters. The molecule has 0 fully saturated rings. The summed E-state index contributed by atoms with van der Waals surface area (Å²) in [5, 5.41) is 0. The fraction of sp³-hybridized carbons (Fsp3) is 0.333. The van der Waals surface area contributed by atoms with Crippen molar-refractivity contribution < 1.29 is 27.8 Å². The maximum Gasteiger partial charge on any atom is 0.313 e. The maximum absolute atomic E-state index is 13.3. The molecule has 7 heteroatoms. The van der Waals surface area contributed by atoms with E-state index in [0.717, 1.165) is 6.07 Å². The van der Waals surface area contributed by atoms with Crippen molar-refractivity contribution in [3.63, 3.8) is 0 Å². The minimum absolute atomic E-state index is 0.0499. The predicted molar refractivity (Wildman–Crippen MR) is 65.8 cm³/mol. The minimum atomic E-state index is -0.934. The van der Waals surface area contributed by atoms with Gasteiger partial charge in [-0.1, -0.05) is 0 Å². The molecule has 0 aromatic heterocycles. The molecule has 0 saturated carbocycles. The van der Waals surface area contributed by atoms with Crippen molar-refractivity contribution in [2.24, 2.45) is 0 Å². The molecular weight excluding hydrogens is 326 g/mol. The summed E-state index contributed by atoms with van der Waals surface area (Å²) < 4.78 is 35.7. The van der Waals surface area contributed by atoms with Crippen LogP contribution in [0.5, 0.6) is 5.75 Å². The van der Waals surface area contributed by atoms with Gasteiger partial charge in [0, 0.05) is 6.07 Å². The number of Topliss-reactive ketones (excluding diaryl/α,β-unsaturated/α-hetero) is 1. The Morgan fingerprint density at radius 1 is 1.32 bits per heavy atom. The average molecular weight is 337 g/mol. The first-order chi connectivity index (χ1) is 8.93. The highest BCUT2D eigenvalue weighted by Gasteiger charge is 2.15. The second-order valence-corrected chi connectivity index (χ2v) is 4.36. The Morgan fingerprint density at radius 3 is 2.58 bits per heavy atom. The summed E-state index contributed by atoms with van der Waals surface area (Å²) in [6.07, 6.45) is -0.450. The van der Waals surface area contributed by atoms with Crippen LogP contribution in [0.25, 0.3) is 0 Å². The van der Waals surface area contributed by atoms with Gasteiger partial charge in [-0.15, -0.1) is 0 Å². The number of hydrogen-bond donors (Lipinski definition) is 0. The van der Waals surface area contributed by atoms with E-state index >= 15 is 0 Å². The van der Waals surface area contributed by atoms with Crippen LogP contribution in [0.15, 0.2) is 16.6 Å². The fourth-order valence-corrected chi connectivity index (χ4v) is 1.77. The first kappa shape index (κ1) is 15.6. The third-order valence-electron chi connectivity index (χ3n) is 1.99. The molecule has 0 unspecified atom stereocenters. The van der Waals surface area contributed by atoms with Crippen molar-refractivity contribution in [2.45, 2.75) is 13.3 Å². The van der Waals surface area contributed by atoms with Crippen LogP contribution < -0.4 is 4.74 Å². The molecule has 1 aromatic carbocycles. The van der Waals surface area contributed by atoms with E-state index in [-0.39, 0.29) is 16.8 Å². The molecule has 0 aliphatic rings. The van der Waals surface area contributed by atoms with Crippen LogP contribution in [0.4, 0.5) is 8.78 Å². The lowest BCUT2D eigenvalue weighted by molar-refractivity contribution is -0.145. The van der Waals surface area contributed by atoms with Gasteiger partial charge in [0.1, 0.15) is 18.8 Å². The first-order valence-corrected chi connectivity index (χ1v) is 6.18. The Bertz CT molecular complexity index is 468. The third-order valence-corrected chi connectivity index (χ3v) is 2.58. The van der Waals surface area contributed by atoms with Crippen molar-refractivity contribution in [1.29, 1.82) is 0 Å². The van der Waals surface area contributed by atoms with E-state index in [4.69, 9.17) is 4.74 Å². The Hall–Kier alpha value is -1.50. The standard InChI is InChI=1S/C12H11BrF2O4/c1-2-18-11(17)5-8(16)6-19-12-9(13)3-7(14)4-10(12)15/h3-4H,2,5-6H2,1H3. The van der Waals surface area contributed by atoms with Crippen molar-refractivity contribution >= 4 is 27.7 Å². The number of halogens is 3. The Kier molecular flexibility index (Phi) is 5.88. The van der Waals surface area contributed by atoms with Crippen LogP contribution in [-0.2, 0) is 14.3 Å². The van der Waals surface area contributed by atoms with Gasteiger partial charge in [-0.3, -0.25) is 9.59 Å². The molecule has 0 amide bonds. The molecular formula is C12H11BrF2O4. The van der Waals surface area contributed by atoms with Crippen LogP contribution in [0.2, 0.25) is 0 Å². The highest BCUT2D eigenvalue weighted by molar-refractivity contribution is 9.10. The second kappa shape index (κ2) is 7.18. The molecule has 0 radical (unpaired) electrons. The molecule has 19 heavy (non-hydrogen) atoms. The summed E-state index contributed by atoms with van der Waals surface area (Å²) in [5.74, 6) is -3.21. The van der Waals surface area contributed by atoms with E-state index in [0.29, 0.717) is 6.07 Å². The zero-order valence-corrected chi connectivity index (χ0v) is 11.6. The van der Waals surface area contributed by atoms with Crippen LogP contribution in [0, 0.1) is 11.6 Å². The highest BCUT2D eigenvalue weighted by atomic mass is 79.9. The largest absolute Gasteiger partial charge is 0.482 e. The number of rotatable bonds is 6. The Balaban J connectivity index is 2.58. The van der Waals surface area contributed by atoms with Crippen LogP contribution in [-0.4, -0.2) is 25.0 Å². The molecule has 0 saturated heterocycles. The number of carbonyl (C=O) groups excluding carboxylic acids is 2. The topological polar surface area (TPSA) is 52.6 Å². The Morgan fingerprint density at radius 2 is 2.00 bits per heavy atom. The van der Waals surface area contributed by atoms with E-state index < -0.39 is 36.4 Å². The van der Waals surface area contributed by atoms with E-state index in [2.05, 4.69) is 20.7 Å². The lowest BCUT2D eigenvalue weighted by atomic mass is 10.3. The summed E-state index contributed by atoms with van der Waals surface area (Å²) in [6.45, 7) is 1.29. The Labute approximate surface area is 116 Å². The third kappa shape index (κ3) is 4.94. The molecule has 104 valence electrons. The van der Waals surface area contributed by atoms with Gasteiger partial charge in [-0.05, 0) is 28.9 Å². The van der Waals surface area contributed by atoms with E-state index in [9.17, 15) is 18.4 Å². The van der Waals surface area contributed by atoms with Gasteiger partial charge < -0.3 is 9.47 Å². The van der Waals surface area contributed by atoms with Gasteiger partial charge in [0.2, 0.25) is 0 Å².